The molecule has 0 saturated carbocycles. The minimum atomic E-state index is 0.621. The molecule has 2 N–H and O–H groups in total. The lowest BCUT2D eigenvalue weighted by Crippen LogP contribution is -2.05. The summed E-state index contributed by atoms with van der Waals surface area (Å²) in [5, 5.41) is 6.55. The maximum atomic E-state index is 4.46. The van der Waals surface area contributed by atoms with E-state index >= 15 is 0 Å². The highest BCUT2D eigenvalue weighted by molar-refractivity contribution is 5.55. The van der Waals surface area contributed by atoms with Crippen LogP contribution in [0.3, 0.4) is 0 Å². The molecule has 0 spiro atoms. The van der Waals surface area contributed by atoms with Crippen molar-refractivity contribution in [2.75, 3.05) is 17.2 Å². The highest BCUT2D eigenvalue weighted by atomic mass is 15.1. The van der Waals surface area contributed by atoms with Crippen molar-refractivity contribution in [1.29, 1.82) is 0 Å². The van der Waals surface area contributed by atoms with Crippen molar-refractivity contribution < 1.29 is 0 Å². The minimum absolute atomic E-state index is 0.621. The highest BCUT2D eigenvalue weighted by Crippen LogP contribution is 2.15. The van der Waals surface area contributed by atoms with Crippen LogP contribution < -0.4 is 10.6 Å². The predicted octanol–water partition coefficient (Wildman–Crippen LogP) is 4.13. The number of rotatable bonds is 7. The smallest absolute Gasteiger partial charge is 0.229 e. The molecule has 20 heavy (non-hydrogen) atoms. The summed E-state index contributed by atoms with van der Waals surface area (Å²) in [6.07, 6.45) is 5.41. The molecule has 2 aromatic rings. The van der Waals surface area contributed by atoms with Gasteiger partial charge in [0.25, 0.3) is 0 Å². The van der Waals surface area contributed by atoms with Crippen LogP contribution in [0.2, 0.25) is 0 Å². The van der Waals surface area contributed by atoms with Gasteiger partial charge in [-0.3, -0.25) is 0 Å². The van der Waals surface area contributed by atoms with Crippen molar-refractivity contribution in [3.63, 3.8) is 0 Å². The maximum Gasteiger partial charge on any atom is 0.229 e. The van der Waals surface area contributed by atoms with Crippen LogP contribution in [0.5, 0.6) is 0 Å². The summed E-state index contributed by atoms with van der Waals surface area (Å²) in [4.78, 5) is 8.71. The van der Waals surface area contributed by atoms with Crippen molar-refractivity contribution in [2.45, 2.75) is 33.1 Å². The molecular weight excluding hydrogens is 248 g/mol. The minimum Gasteiger partial charge on any atom is -0.370 e. The largest absolute Gasteiger partial charge is 0.370 e. The Morgan fingerprint density at radius 3 is 2.85 bits per heavy atom. The molecule has 2 rings (SSSR count). The third-order valence-electron chi connectivity index (χ3n) is 3.02. The number of nitrogens with zero attached hydrogens (tertiary/aromatic N) is 2. The second-order valence-electron chi connectivity index (χ2n) is 4.89. The fourth-order valence-electron chi connectivity index (χ4n) is 1.96. The first-order valence-electron chi connectivity index (χ1n) is 7.18. The van der Waals surface area contributed by atoms with Crippen LogP contribution in [-0.2, 0) is 0 Å². The fourth-order valence-corrected chi connectivity index (χ4v) is 1.96. The number of hydrogen-bond donors (Lipinski definition) is 2. The van der Waals surface area contributed by atoms with E-state index in [2.05, 4.69) is 46.6 Å². The van der Waals surface area contributed by atoms with Crippen LogP contribution in [0.15, 0.2) is 36.5 Å². The van der Waals surface area contributed by atoms with Gasteiger partial charge in [0.2, 0.25) is 5.95 Å². The first kappa shape index (κ1) is 14.3. The van der Waals surface area contributed by atoms with E-state index < -0.39 is 0 Å². The summed E-state index contributed by atoms with van der Waals surface area (Å²) in [5.74, 6) is 1.49. The van der Waals surface area contributed by atoms with E-state index in [1.54, 1.807) is 6.20 Å². The van der Waals surface area contributed by atoms with E-state index in [4.69, 9.17) is 0 Å². The van der Waals surface area contributed by atoms with Crippen LogP contribution in [-0.4, -0.2) is 16.5 Å². The summed E-state index contributed by atoms with van der Waals surface area (Å²) in [6, 6.07) is 10.1. The summed E-state index contributed by atoms with van der Waals surface area (Å²) < 4.78 is 0. The van der Waals surface area contributed by atoms with E-state index in [-0.39, 0.29) is 0 Å². The van der Waals surface area contributed by atoms with Crippen molar-refractivity contribution in [3.05, 3.63) is 42.1 Å². The van der Waals surface area contributed by atoms with E-state index in [0.29, 0.717) is 5.95 Å². The molecular formula is C16H22N4. The Morgan fingerprint density at radius 2 is 2.05 bits per heavy atom. The zero-order chi connectivity index (χ0) is 14.2. The number of hydrogen-bond acceptors (Lipinski definition) is 4. The Bertz CT molecular complexity index is 540. The molecule has 4 nitrogen and oxygen atoms in total. The van der Waals surface area contributed by atoms with Crippen LogP contribution >= 0.6 is 0 Å². The number of aryl methyl sites for hydroxylation is 1. The first-order chi connectivity index (χ1) is 9.78. The third-order valence-corrected chi connectivity index (χ3v) is 3.02. The standard InChI is InChI=1S/C16H22N4/c1-3-4-5-10-17-15-9-11-18-16(20-15)19-14-8-6-7-13(2)12-14/h6-9,11-12H,3-5,10H2,1-2H3,(H2,17,18,19,20). The van der Waals surface area contributed by atoms with Gasteiger partial charge >= 0.3 is 0 Å². The lowest BCUT2D eigenvalue weighted by atomic mass is 10.2. The predicted molar refractivity (Wildman–Crippen MR) is 84.5 cm³/mol. The molecule has 1 heterocycles. The van der Waals surface area contributed by atoms with Crippen LogP contribution in [0.25, 0.3) is 0 Å². The van der Waals surface area contributed by atoms with Crippen molar-refractivity contribution in [2.24, 2.45) is 0 Å². The lowest BCUT2D eigenvalue weighted by molar-refractivity contribution is 0.742. The number of aromatic nitrogens is 2. The Labute approximate surface area is 120 Å². The molecule has 0 aliphatic carbocycles. The second kappa shape index (κ2) is 7.48. The molecule has 0 aliphatic rings. The molecule has 0 bridgehead atoms. The van der Waals surface area contributed by atoms with Gasteiger partial charge in [-0.05, 0) is 37.1 Å². The molecule has 1 aromatic heterocycles. The average molecular weight is 270 g/mol. The average Bonchev–Trinajstić information content (AvgIpc) is 2.44. The highest BCUT2D eigenvalue weighted by Gasteiger charge is 2.00. The molecule has 0 amide bonds. The van der Waals surface area contributed by atoms with E-state index in [1.807, 2.05) is 18.2 Å². The third kappa shape index (κ3) is 4.53. The van der Waals surface area contributed by atoms with Gasteiger partial charge in [-0.15, -0.1) is 0 Å². The van der Waals surface area contributed by atoms with E-state index in [1.165, 1.54) is 24.8 Å². The quantitative estimate of drug-likeness (QED) is 0.743. The Hall–Kier alpha value is -2.10. The van der Waals surface area contributed by atoms with Gasteiger partial charge in [0.1, 0.15) is 5.82 Å². The van der Waals surface area contributed by atoms with Crippen LogP contribution in [0.1, 0.15) is 31.7 Å². The summed E-state index contributed by atoms with van der Waals surface area (Å²) in [6.45, 7) is 5.22. The maximum absolute atomic E-state index is 4.46. The molecule has 0 atom stereocenters. The van der Waals surface area contributed by atoms with Crippen molar-refractivity contribution in [3.8, 4) is 0 Å². The molecule has 0 saturated heterocycles. The monoisotopic (exact) mass is 270 g/mol. The SMILES string of the molecule is CCCCCNc1ccnc(Nc2cccc(C)c2)n1. The van der Waals surface area contributed by atoms with Crippen LogP contribution in [0.4, 0.5) is 17.5 Å². The molecule has 0 unspecified atom stereocenters. The Kier molecular flexibility index (Phi) is 5.35. The molecule has 0 radical (unpaired) electrons. The van der Waals surface area contributed by atoms with Crippen molar-refractivity contribution in [1.82, 2.24) is 9.97 Å². The normalized spacial score (nSPS) is 10.3. The van der Waals surface area contributed by atoms with Gasteiger partial charge in [0.15, 0.2) is 0 Å². The molecule has 106 valence electrons. The van der Waals surface area contributed by atoms with Gasteiger partial charge in [0, 0.05) is 18.4 Å². The number of anilines is 3. The summed E-state index contributed by atoms with van der Waals surface area (Å²) in [7, 11) is 0. The summed E-state index contributed by atoms with van der Waals surface area (Å²) >= 11 is 0. The lowest BCUT2D eigenvalue weighted by Gasteiger charge is -2.08. The number of unbranched alkanes of at least 4 members (excludes halogenated alkanes) is 2. The summed E-state index contributed by atoms with van der Waals surface area (Å²) in [5.41, 5.74) is 2.22. The molecule has 0 aliphatic heterocycles. The van der Waals surface area contributed by atoms with Gasteiger partial charge < -0.3 is 10.6 Å². The van der Waals surface area contributed by atoms with Gasteiger partial charge in [-0.2, -0.15) is 4.98 Å². The van der Waals surface area contributed by atoms with E-state index in [0.717, 1.165) is 18.1 Å². The van der Waals surface area contributed by atoms with Gasteiger partial charge in [-0.25, -0.2) is 4.98 Å². The van der Waals surface area contributed by atoms with Crippen LogP contribution in [0, 0.1) is 6.92 Å². The van der Waals surface area contributed by atoms with Gasteiger partial charge in [0.05, 0.1) is 0 Å². The van der Waals surface area contributed by atoms with Gasteiger partial charge in [-0.1, -0.05) is 31.9 Å². The topological polar surface area (TPSA) is 49.8 Å². The zero-order valence-corrected chi connectivity index (χ0v) is 12.2. The number of benzene rings is 1. The molecule has 0 fully saturated rings. The van der Waals surface area contributed by atoms with E-state index in [9.17, 15) is 0 Å². The molecule has 1 aromatic carbocycles. The fraction of sp³-hybridized carbons (Fsp3) is 0.375. The van der Waals surface area contributed by atoms with Crippen molar-refractivity contribution >= 4 is 17.5 Å². The Balaban J connectivity index is 1.95. The second-order valence-corrected chi connectivity index (χ2v) is 4.89. The first-order valence-corrected chi connectivity index (χ1v) is 7.18. The number of nitrogens with one attached hydrogen (secondary N) is 2. The zero-order valence-electron chi connectivity index (χ0n) is 12.2. The molecule has 4 heteroatoms. The Morgan fingerprint density at radius 1 is 1.15 bits per heavy atom.